The van der Waals surface area contributed by atoms with Gasteiger partial charge in [0, 0.05) is 5.41 Å². The normalized spacial score (nSPS) is 53.0. The number of rotatable bonds is 2. The van der Waals surface area contributed by atoms with Crippen molar-refractivity contribution in [3.63, 3.8) is 0 Å². The van der Waals surface area contributed by atoms with Gasteiger partial charge in [-0.05, 0) is 61.7 Å². The summed E-state index contributed by atoms with van der Waals surface area (Å²) in [7, 11) is 0. The maximum atomic E-state index is 11.3. The summed E-state index contributed by atoms with van der Waals surface area (Å²) in [4.78, 5) is 11.3. The van der Waals surface area contributed by atoms with Crippen molar-refractivity contribution in [2.45, 2.75) is 71.0 Å². The van der Waals surface area contributed by atoms with E-state index in [1.807, 2.05) is 6.92 Å². The van der Waals surface area contributed by atoms with Crippen LogP contribution in [0.3, 0.4) is 0 Å². The van der Waals surface area contributed by atoms with Crippen LogP contribution in [-0.2, 0) is 4.79 Å². The second kappa shape index (κ2) is 4.95. The molecule has 21 heavy (non-hydrogen) atoms. The Morgan fingerprint density at radius 2 is 1.67 bits per heavy atom. The highest BCUT2D eigenvalue weighted by molar-refractivity contribution is 5.68. The summed E-state index contributed by atoms with van der Waals surface area (Å²) < 4.78 is 0. The highest BCUT2D eigenvalue weighted by atomic mass is 16.4. The van der Waals surface area contributed by atoms with Crippen molar-refractivity contribution in [1.82, 2.24) is 0 Å². The molecular weight excluding hydrogens is 268 g/mol. The number of aliphatic hydroxyl groups excluding tert-OH is 2. The van der Waals surface area contributed by atoms with Gasteiger partial charge in [-0.1, -0.05) is 13.8 Å². The standard InChI is InChI=1S/C17H28O4/c1-16-8-7-12-10(11(16)4-6-13(16)18)3-5-14(19)17(12,2)9-15(20)21/h10-14,18-19H,3-9H2,1-2H3,(H,20,21)/t10-,11+,12-,13+,14+,16+,17-/m1/s1. The van der Waals surface area contributed by atoms with Crippen molar-refractivity contribution >= 4 is 5.97 Å². The van der Waals surface area contributed by atoms with Crippen molar-refractivity contribution in [2.75, 3.05) is 0 Å². The van der Waals surface area contributed by atoms with Gasteiger partial charge in [0.2, 0.25) is 0 Å². The molecule has 3 N–H and O–H groups in total. The van der Waals surface area contributed by atoms with Crippen LogP contribution in [0.4, 0.5) is 0 Å². The third-order valence-electron chi connectivity index (χ3n) is 7.30. The second-order valence-electron chi connectivity index (χ2n) is 8.18. The topological polar surface area (TPSA) is 77.8 Å². The second-order valence-corrected chi connectivity index (χ2v) is 8.18. The first-order valence-electron chi connectivity index (χ1n) is 8.37. The van der Waals surface area contributed by atoms with E-state index in [1.54, 1.807) is 0 Å². The van der Waals surface area contributed by atoms with Gasteiger partial charge in [-0.25, -0.2) is 0 Å². The van der Waals surface area contributed by atoms with Crippen LogP contribution in [0, 0.1) is 28.6 Å². The minimum Gasteiger partial charge on any atom is -0.481 e. The molecule has 3 aliphatic rings. The Morgan fingerprint density at radius 1 is 1.00 bits per heavy atom. The van der Waals surface area contributed by atoms with Crippen molar-refractivity contribution in [3.05, 3.63) is 0 Å². The van der Waals surface area contributed by atoms with Crippen LogP contribution < -0.4 is 0 Å². The zero-order valence-corrected chi connectivity index (χ0v) is 13.1. The van der Waals surface area contributed by atoms with Gasteiger partial charge in [-0.15, -0.1) is 0 Å². The van der Waals surface area contributed by atoms with E-state index in [0.29, 0.717) is 18.3 Å². The lowest BCUT2D eigenvalue weighted by atomic mass is 9.49. The van der Waals surface area contributed by atoms with E-state index in [2.05, 4.69) is 6.92 Å². The summed E-state index contributed by atoms with van der Waals surface area (Å²) >= 11 is 0. The van der Waals surface area contributed by atoms with Crippen LogP contribution >= 0.6 is 0 Å². The average Bonchev–Trinajstić information content (AvgIpc) is 2.70. The molecule has 0 unspecified atom stereocenters. The monoisotopic (exact) mass is 296 g/mol. The first-order chi connectivity index (χ1) is 9.79. The smallest absolute Gasteiger partial charge is 0.304 e. The minimum atomic E-state index is -0.808. The lowest BCUT2D eigenvalue weighted by Gasteiger charge is -2.57. The minimum absolute atomic E-state index is 0.00753. The molecule has 0 spiro atoms. The van der Waals surface area contributed by atoms with E-state index in [0.717, 1.165) is 32.1 Å². The predicted molar refractivity (Wildman–Crippen MR) is 78.7 cm³/mol. The van der Waals surface area contributed by atoms with Crippen LogP contribution in [0.2, 0.25) is 0 Å². The molecule has 0 saturated heterocycles. The number of aliphatic hydroxyl groups is 2. The van der Waals surface area contributed by atoms with E-state index in [4.69, 9.17) is 0 Å². The third-order valence-corrected chi connectivity index (χ3v) is 7.30. The number of fused-ring (bicyclic) bond motifs is 3. The predicted octanol–water partition coefficient (Wildman–Crippen LogP) is 2.43. The van der Waals surface area contributed by atoms with E-state index in [1.165, 1.54) is 0 Å². The highest BCUT2D eigenvalue weighted by Gasteiger charge is 2.59. The van der Waals surface area contributed by atoms with Gasteiger partial charge in [-0.2, -0.15) is 0 Å². The van der Waals surface area contributed by atoms with Crippen LogP contribution in [-0.4, -0.2) is 33.5 Å². The first-order valence-corrected chi connectivity index (χ1v) is 8.37. The molecule has 0 aromatic carbocycles. The van der Waals surface area contributed by atoms with E-state index in [9.17, 15) is 20.1 Å². The average molecular weight is 296 g/mol. The maximum absolute atomic E-state index is 11.3. The fraction of sp³-hybridized carbons (Fsp3) is 0.941. The number of carbonyl (C=O) groups is 1. The highest BCUT2D eigenvalue weighted by Crippen LogP contribution is 2.63. The van der Waals surface area contributed by atoms with Crippen molar-refractivity contribution in [2.24, 2.45) is 28.6 Å². The van der Waals surface area contributed by atoms with E-state index in [-0.39, 0.29) is 23.9 Å². The molecule has 4 nitrogen and oxygen atoms in total. The Labute approximate surface area is 126 Å². The maximum Gasteiger partial charge on any atom is 0.304 e. The molecule has 3 rings (SSSR count). The zero-order valence-electron chi connectivity index (χ0n) is 13.1. The van der Waals surface area contributed by atoms with Crippen LogP contribution in [0.1, 0.15) is 58.8 Å². The molecule has 0 aromatic rings. The van der Waals surface area contributed by atoms with Gasteiger partial charge in [0.1, 0.15) is 0 Å². The zero-order chi connectivity index (χ0) is 15.4. The Hall–Kier alpha value is -0.610. The molecule has 0 aliphatic heterocycles. The molecule has 120 valence electrons. The molecular formula is C17H28O4. The molecule has 0 bridgehead atoms. The van der Waals surface area contributed by atoms with Gasteiger partial charge in [0.05, 0.1) is 18.6 Å². The molecule has 0 aromatic heterocycles. The molecule has 3 aliphatic carbocycles. The summed E-state index contributed by atoms with van der Waals surface area (Å²) in [5, 5.41) is 30.1. The van der Waals surface area contributed by atoms with E-state index >= 15 is 0 Å². The number of aliphatic carboxylic acids is 1. The van der Waals surface area contributed by atoms with Gasteiger partial charge >= 0.3 is 5.97 Å². The van der Waals surface area contributed by atoms with Crippen molar-refractivity contribution in [1.29, 1.82) is 0 Å². The Kier molecular flexibility index (Phi) is 3.61. The lowest BCUT2D eigenvalue weighted by Crippen LogP contribution is -2.54. The number of hydrogen-bond donors (Lipinski definition) is 3. The Morgan fingerprint density at radius 3 is 2.33 bits per heavy atom. The van der Waals surface area contributed by atoms with Crippen LogP contribution in [0.25, 0.3) is 0 Å². The number of carboxylic acids is 1. The van der Waals surface area contributed by atoms with Crippen LogP contribution in [0.15, 0.2) is 0 Å². The number of hydrogen-bond acceptors (Lipinski definition) is 3. The molecule has 3 saturated carbocycles. The number of carboxylic acid groups (broad SMARTS) is 1. The van der Waals surface area contributed by atoms with Gasteiger partial charge in [0.15, 0.2) is 0 Å². The Balaban J connectivity index is 1.90. The summed E-state index contributed by atoms with van der Waals surface area (Å²) in [5.74, 6) is 0.429. The van der Waals surface area contributed by atoms with Gasteiger partial charge < -0.3 is 15.3 Å². The molecule has 0 heterocycles. The SMILES string of the molecule is C[C@@]1(CC(=O)O)[C@@H]2CC[C@]3(C)[C@@H](O)CC[C@H]3[C@H]2CC[C@@H]1O. The van der Waals surface area contributed by atoms with Crippen molar-refractivity contribution < 1.29 is 20.1 Å². The van der Waals surface area contributed by atoms with E-state index < -0.39 is 17.5 Å². The molecule has 0 radical (unpaired) electrons. The fourth-order valence-electron chi connectivity index (χ4n) is 5.98. The summed E-state index contributed by atoms with van der Waals surface area (Å²) in [5.41, 5.74) is -0.503. The molecule has 0 amide bonds. The molecule has 7 atom stereocenters. The molecule has 4 heteroatoms. The lowest BCUT2D eigenvalue weighted by molar-refractivity contribution is -0.159. The first kappa shape index (κ1) is 15.3. The fourth-order valence-corrected chi connectivity index (χ4v) is 5.98. The van der Waals surface area contributed by atoms with Gasteiger partial charge in [0.25, 0.3) is 0 Å². The van der Waals surface area contributed by atoms with Gasteiger partial charge in [-0.3, -0.25) is 4.79 Å². The molecule has 3 fully saturated rings. The Bertz CT molecular complexity index is 437. The largest absolute Gasteiger partial charge is 0.481 e. The van der Waals surface area contributed by atoms with Crippen LogP contribution in [0.5, 0.6) is 0 Å². The summed E-state index contributed by atoms with van der Waals surface area (Å²) in [6.45, 7) is 4.18. The van der Waals surface area contributed by atoms with Crippen molar-refractivity contribution in [3.8, 4) is 0 Å². The summed E-state index contributed by atoms with van der Waals surface area (Å²) in [6.07, 6.45) is 4.85. The quantitative estimate of drug-likeness (QED) is 0.731. The third kappa shape index (κ3) is 2.14. The summed E-state index contributed by atoms with van der Waals surface area (Å²) in [6, 6.07) is 0.